The molecule has 1 N–H and O–H groups in total. The summed E-state index contributed by atoms with van der Waals surface area (Å²) in [5, 5.41) is 2.86. The zero-order chi connectivity index (χ0) is 11.1. The van der Waals surface area contributed by atoms with E-state index in [-0.39, 0.29) is 11.8 Å². The van der Waals surface area contributed by atoms with Gasteiger partial charge in [-0.15, -0.1) is 11.6 Å². The molecule has 1 unspecified atom stereocenters. The summed E-state index contributed by atoms with van der Waals surface area (Å²) in [7, 11) is 0. The number of benzene rings is 1. The van der Waals surface area contributed by atoms with E-state index < -0.39 is 0 Å². The monoisotopic (exact) mass is 225 g/mol. The molecule has 0 heterocycles. The second kappa shape index (κ2) is 6.46. The van der Waals surface area contributed by atoms with E-state index in [1.807, 2.05) is 37.3 Å². The van der Waals surface area contributed by atoms with Crippen molar-refractivity contribution in [3.63, 3.8) is 0 Å². The third kappa shape index (κ3) is 3.92. The molecule has 1 atom stereocenters. The van der Waals surface area contributed by atoms with Gasteiger partial charge in [0, 0.05) is 12.4 Å². The van der Waals surface area contributed by atoms with Gasteiger partial charge in [0.05, 0.1) is 5.92 Å². The average Bonchev–Trinajstić information content (AvgIpc) is 2.29. The molecule has 0 saturated carbocycles. The molecule has 1 rings (SSSR count). The van der Waals surface area contributed by atoms with Crippen LogP contribution < -0.4 is 5.32 Å². The number of halogens is 1. The van der Waals surface area contributed by atoms with E-state index in [1.165, 1.54) is 0 Å². The van der Waals surface area contributed by atoms with Crippen LogP contribution in [-0.4, -0.2) is 18.3 Å². The second-order valence-corrected chi connectivity index (χ2v) is 3.84. The maximum Gasteiger partial charge on any atom is 0.227 e. The zero-order valence-corrected chi connectivity index (χ0v) is 9.63. The first-order valence-corrected chi connectivity index (χ1v) is 5.67. The summed E-state index contributed by atoms with van der Waals surface area (Å²) in [4.78, 5) is 11.7. The van der Waals surface area contributed by atoms with E-state index in [4.69, 9.17) is 11.6 Å². The summed E-state index contributed by atoms with van der Waals surface area (Å²) in [6.45, 7) is 2.56. The molecule has 3 heteroatoms. The summed E-state index contributed by atoms with van der Waals surface area (Å²) < 4.78 is 0. The van der Waals surface area contributed by atoms with Gasteiger partial charge < -0.3 is 5.32 Å². The number of nitrogens with one attached hydrogen (secondary N) is 1. The van der Waals surface area contributed by atoms with Crippen molar-refractivity contribution in [1.29, 1.82) is 0 Å². The van der Waals surface area contributed by atoms with E-state index in [0.29, 0.717) is 12.4 Å². The molecule has 0 aromatic heterocycles. The molecule has 2 nitrogen and oxygen atoms in total. The smallest absolute Gasteiger partial charge is 0.227 e. The Morgan fingerprint density at radius 3 is 2.67 bits per heavy atom. The van der Waals surface area contributed by atoms with Crippen LogP contribution >= 0.6 is 11.6 Å². The van der Waals surface area contributed by atoms with Gasteiger partial charge >= 0.3 is 0 Å². The van der Waals surface area contributed by atoms with Crippen LogP contribution in [0.2, 0.25) is 0 Å². The molecule has 0 fully saturated rings. The lowest BCUT2D eigenvalue weighted by atomic mass is 10.0. The van der Waals surface area contributed by atoms with Gasteiger partial charge in [-0.3, -0.25) is 4.79 Å². The van der Waals surface area contributed by atoms with E-state index >= 15 is 0 Å². The Kier molecular flexibility index (Phi) is 5.19. The van der Waals surface area contributed by atoms with Gasteiger partial charge in [0.15, 0.2) is 0 Å². The predicted octanol–water partition coefficient (Wildman–Crippen LogP) is 2.54. The van der Waals surface area contributed by atoms with Crippen LogP contribution in [0.15, 0.2) is 30.3 Å². The van der Waals surface area contributed by atoms with Gasteiger partial charge in [-0.1, -0.05) is 30.3 Å². The second-order valence-electron chi connectivity index (χ2n) is 3.47. The molecule has 15 heavy (non-hydrogen) atoms. The van der Waals surface area contributed by atoms with Crippen molar-refractivity contribution < 1.29 is 4.79 Å². The summed E-state index contributed by atoms with van der Waals surface area (Å²) in [6, 6.07) is 9.76. The van der Waals surface area contributed by atoms with Crippen LogP contribution in [-0.2, 0) is 4.79 Å². The zero-order valence-electron chi connectivity index (χ0n) is 8.87. The molecule has 1 amide bonds. The first kappa shape index (κ1) is 12.1. The topological polar surface area (TPSA) is 29.1 Å². The average molecular weight is 226 g/mol. The number of amides is 1. The van der Waals surface area contributed by atoms with E-state index in [1.54, 1.807) is 0 Å². The fourth-order valence-corrected chi connectivity index (χ4v) is 1.46. The van der Waals surface area contributed by atoms with Crippen molar-refractivity contribution in [2.24, 2.45) is 0 Å². The third-order valence-corrected chi connectivity index (χ3v) is 2.57. The van der Waals surface area contributed by atoms with E-state index in [0.717, 1.165) is 12.0 Å². The predicted molar refractivity (Wildman–Crippen MR) is 63.2 cm³/mol. The highest BCUT2D eigenvalue weighted by Crippen LogP contribution is 2.14. The Morgan fingerprint density at radius 2 is 2.07 bits per heavy atom. The van der Waals surface area contributed by atoms with Crippen molar-refractivity contribution >= 4 is 17.5 Å². The number of hydrogen-bond acceptors (Lipinski definition) is 1. The van der Waals surface area contributed by atoms with Crippen molar-refractivity contribution in [3.8, 4) is 0 Å². The summed E-state index contributed by atoms with van der Waals surface area (Å²) >= 11 is 5.53. The quantitative estimate of drug-likeness (QED) is 0.606. The molecular weight excluding hydrogens is 210 g/mol. The molecule has 82 valence electrons. The molecule has 0 bridgehead atoms. The first-order valence-electron chi connectivity index (χ1n) is 5.14. The van der Waals surface area contributed by atoms with E-state index in [9.17, 15) is 4.79 Å². The maximum absolute atomic E-state index is 11.7. The van der Waals surface area contributed by atoms with Gasteiger partial charge in [0.25, 0.3) is 0 Å². The highest BCUT2D eigenvalue weighted by molar-refractivity contribution is 6.17. The molecule has 0 aliphatic heterocycles. The Balaban J connectivity index is 2.46. The number of alkyl halides is 1. The molecule has 1 aromatic carbocycles. The van der Waals surface area contributed by atoms with Crippen molar-refractivity contribution in [2.75, 3.05) is 12.4 Å². The van der Waals surface area contributed by atoms with Crippen LogP contribution in [0, 0.1) is 0 Å². The molecule has 0 radical (unpaired) electrons. The maximum atomic E-state index is 11.7. The van der Waals surface area contributed by atoms with Gasteiger partial charge in [-0.05, 0) is 18.9 Å². The first-order chi connectivity index (χ1) is 7.25. The molecule has 1 aromatic rings. The lowest BCUT2D eigenvalue weighted by Crippen LogP contribution is -2.29. The fourth-order valence-electron chi connectivity index (χ4n) is 1.32. The number of carbonyl (C=O) groups is 1. The number of rotatable bonds is 5. The standard InChI is InChI=1S/C12H16ClNO/c1-10(11-6-3-2-4-7-11)12(15)14-9-5-8-13/h2-4,6-7,10H,5,8-9H2,1H3,(H,14,15). The Morgan fingerprint density at radius 1 is 1.40 bits per heavy atom. The van der Waals surface area contributed by atoms with Gasteiger partial charge in [0.2, 0.25) is 5.91 Å². The molecule has 0 saturated heterocycles. The molecule has 0 aliphatic carbocycles. The highest BCUT2D eigenvalue weighted by Gasteiger charge is 2.13. The van der Waals surface area contributed by atoms with Crippen LogP contribution in [0.5, 0.6) is 0 Å². The SMILES string of the molecule is CC(C(=O)NCCCCl)c1ccccc1. The van der Waals surface area contributed by atoms with E-state index in [2.05, 4.69) is 5.32 Å². The van der Waals surface area contributed by atoms with Crippen LogP contribution in [0.1, 0.15) is 24.8 Å². The van der Waals surface area contributed by atoms with Crippen molar-refractivity contribution in [1.82, 2.24) is 5.32 Å². The Bertz CT molecular complexity index is 300. The molecule has 0 spiro atoms. The molecular formula is C12H16ClNO. The highest BCUT2D eigenvalue weighted by atomic mass is 35.5. The normalized spacial score (nSPS) is 12.1. The minimum absolute atomic E-state index is 0.0614. The summed E-state index contributed by atoms with van der Waals surface area (Å²) in [6.07, 6.45) is 0.814. The third-order valence-electron chi connectivity index (χ3n) is 2.30. The van der Waals surface area contributed by atoms with Gasteiger partial charge in [-0.25, -0.2) is 0 Å². The summed E-state index contributed by atoms with van der Waals surface area (Å²) in [5.74, 6) is 0.549. The van der Waals surface area contributed by atoms with Crippen LogP contribution in [0.25, 0.3) is 0 Å². The lowest BCUT2D eigenvalue weighted by Gasteiger charge is -2.11. The largest absolute Gasteiger partial charge is 0.356 e. The number of carbonyl (C=O) groups excluding carboxylic acids is 1. The van der Waals surface area contributed by atoms with Gasteiger partial charge in [-0.2, -0.15) is 0 Å². The number of hydrogen-bond donors (Lipinski definition) is 1. The fraction of sp³-hybridized carbons (Fsp3) is 0.417. The minimum atomic E-state index is -0.0958. The molecule has 0 aliphatic rings. The Labute approximate surface area is 95.6 Å². The Hall–Kier alpha value is -1.02. The van der Waals surface area contributed by atoms with Crippen molar-refractivity contribution in [2.45, 2.75) is 19.3 Å². The van der Waals surface area contributed by atoms with Crippen LogP contribution in [0.4, 0.5) is 0 Å². The van der Waals surface area contributed by atoms with Crippen LogP contribution in [0.3, 0.4) is 0 Å². The van der Waals surface area contributed by atoms with Crippen molar-refractivity contribution in [3.05, 3.63) is 35.9 Å². The minimum Gasteiger partial charge on any atom is -0.356 e. The lowest BCUT2D eigenvalue weighted by molar-refractivity contribution is -0.122. The summed E-state index contributed by atoms with van der Waals surface area (Å²) in [5.41, 5.74) is 1.04. The van der Waals surface area contributed by atoms with Gasteiger partial charge in [0.1, 0.15) is 0 Å².